The summed E-state index contributed by atoms with van der Waals surface area (Å²) in [5, 5.41) is 9.81. The number of H-pyrrole nitrogens is 1. The number of hydrogen-bond donors (Lipinski definition) is 2. The van der Waals surface area contributed by atoms with E-state index in [9.17, 15) is 9.59 Å². The Morgan fingerprint density at radius 1 is 1.38 bits per heavy atom. The Kier molecular flexibility index (Phi) is 3.29. The van der Waals surface area contributed by atoms with Crippen LogP contribution in [0.2, 0.25) is 0 Å². The van der Waals surface area contributed by atoms with Crippen LogP contribution in [0.15, 0.2) is 24.3 Å². The third-order valence-electron chi connectivity index (χ3n) is 3.61. The molecule has 1 saturated carbocycles. The smallest absolute Gasteiger partial charge is 0.323 e. The van der Waals surface area contributed by atoms with Crippen LogP contribution in [0.5, 0.6) is 5.75 Å². The number of benzene rings is 1. The lowest BCUT2D eigenvalue weighted by atomic mass is 10.2. The average molecular weight is 288 g/mol. The van der Waals surface area contributed by atoms with Crippen molar-refractivity contribution in [2.45, 2.75) is 18.9 Å². The molecule has 0 atom stereocenters. The maximum Gasteiger partial charge on any atom is 0.323 e. The van der Waals surface area contributed by atoms with E-state index in [4.69, 9.17) is 9.84 Å². The number of nitrogens with zero attached hydrogens (tertiary/aromatic N) is 1. The summed E-state index contributed by atoms with van der Waals surface area (Å²) in [6, 6.07) is 7.26. The molecule has 1 amide bonds. The van der Waals surface area contributed by atoms with Gasteiger partial charge in [0.25, 0.3) is 5.91 Å². The molecule has 1 aliphatic rings. The molecule has 1 aliphatic carbocycles. The molecule has 0 bridgehead atoms. The predicted molar refractivity (Wildman–Crippen MR) is 76.5 cm³/mol. The molecule has 1 heterocycles. The fourth-order valence-corrected chi connectivity index (χ4v) is 2.41. The number of aromatic nitrogens is 1. The molecule has 6 nitrogen and oxygen atoms in total. The molecule has 21 heavy (non-hydrogen) atoms. The quantitative estimate of drug-likeness (QED) is 0.879. The highest BCUT2D eigenvalue weighted by molar-refractivity contribution is 5.99. The Hall–Kier alpha value is -2.50. The number of aliphatic carboxylic acids is 1. The number of nitrogens with one attached hydrogen (secondary N) is 1. The molecule has 6 heteroatoms. The molecule has 2 aromatic rings. The summed E-state index contributed by atoms with van der Waals surface area (Å²) in [7, 11) is 1.58. The van der Waals surface area contributed by atoms with Gasteiger partial charge in [0.1, 0.15) is 18.0 Å². The van der Waals surface area contributed by atoms with Crippen LogP contribution >= 0.6 is 0 Å². The number of hydrogen-bond acceptors (Lipinski definition) is 3. The van der Waals surface area contributed by atoms with Gasteiger partial charge in [0.05, 0.1) is 7.11 Å². The van der Waals surface area contributed by atoms with Crippen LogP contribution in [0.4, 0.5) is 0 Å². The van der Waals surface area contributed by atoms with Gasteiger partial charge in [-0.3, -0.25) is 9.59 Å². The third-order valence-corrected chi connectivity index (χ3v) is 3.61. The van der Waals surface area contributed by atoms with E-state index < -0.39 is 5.97 Å². The SMILES string of the molecule is COc1ccc2[nH]c(C(=O)N(CC(=O)O)C3CC3)cc2c1. The lowest BCUT2D eigenvalue weighted by Gasteiger charge is -2.19. The number of rotatable bonds is 5. The zero-order chi connectivity index (χ0) is 15.0. The van der Waals surface area contributed by atoms with Gasteiger partial charge in [-0.2, -0.15) is 0 Å². The van der Waals surface area contributed by atoms with Crippen LogP contribution in [0.3, 0.4) is 0 Å². The fraction of sp³-hybridized carbons (Fsp3) is 0.333. The number of ether oxygens (including phenoxy) is 1. The molecule has 0 unspecified atom stereocenters. The molecular weight excluding hydrogens is 272 g/mol. The monoisotopic (exact) mass is 288 g/mol. The van der Waals surface area contributed by atoms with Crippen molar-refractivity contribution in [1.82, 2.24) is 9.88 Å². The van der Waals surface area contributed by atoms with Crippen molar-refractivity contribution < 1.29 is 19.4 Å². The molecule has 3 rings (SSSR count). The van der Waals surface area contributed by atoms with Gasteiger partial charge in [-0.15, -0.1) is 0 Å². The molecule has 1 aromatic carbocycles. The van der Waals surface area contributed by atoms with Gasteiger partial charge in [-0.05, 0) is 37.1 Å². The highest BCUT2D eigenvalue weighted by Crippen LogP contribution is 2.29. The van der Waals surface area contributed by atoms with Crippen LogP contribution in [0.25, 0.3) is 10.9 Å². The number of fused-ring (bicyclic) bond motifs is 1. The minimum absolute atomic E-state index is 0.0505. The second-order valence-corrected chi connectivity index (χ2v) is 5.19. The van der Waals surface area contributed by atoms with Gasteiger partial charge >= 0.3 is 5.97 Å². The summed E-state index contributed by atoms with van der Waals surface area (Å²) in [6.07, 6.45) is 1.74. The molecule has 2 N–H and O–H groups in total. The van der Waals surface area contributed by atoms with E-state index in [0.717, 1.165) is 23.7 Å². The number of amides is 1. The van der Waals surface area contributed by atoms with Crippen molar-refractivity contribution in [3.8, 4) is 5.75 Å². The Bertz CT molecular complexity index is 703. The highest BCUT2D eigenvalue weighted by Gasteiger charge is 2.34. The van der Waals surface area contributed by atoms with Gasteiger partial charge in [-0.25, -0.2) is 0 Å². The molecule has 110 valence electrons. The van der Waals surface area contributed by atoms with E-state index in [0.29, 0.717) is 11.4 Å². The zero-order valence-electron chi connectivity index (χ0n) is 11.6. The van der Waals surface area contributed by atoms with Crippen LogP contribution < -0.4 is 4.74 Å². The first kappa shape index (κ1) is 13.5. The largest absolute Gasteiger partial charge is 0.497 e. The second kappa shape index (κ2) is 5.12. The lowest BCUT2D eigenvalue weighted by Crippen LogP contribution is -2.37. The summed E-state index contributed by atoms with van der Waals surface area (Å²) < 4.78 is 5.15. The number of methoxy groups -OCH3 is 1. The molecule has 0 saturated heterocycles. The van der Waals surface area contributed by atoms with Crippen molar-refractivity contribution in [2.75, 3.05) is 13.7 Å². The maximum absolute atomic E-state index is 12.5. The first-order valence-electron chi connectivity index (χ1n) is 6.78. The zero-order valence-corrected chi connectivity index (χ0v) is 11.6. The lowest BCUT2D eigenvalue weighted by molar-refractivity contribution is -0.137. The molecular formula is C15H16N2O4. The van der Waals surface area contributed by atoms with Crippen molar-refractivity contribution in [1.29, 1.82) is 0 Å². The predicted octanol–water partition coefficient (Wildman–Crippen LogP) is 1.87. The van der Waals surface area contributed by atoms with Gasteiger partial charge in [0, 0.05) is 16.9 Å². The number of carbonyl (C=O) groups excluding carboxylic acids is 1. The van der Waals surface area contributed by atoms with Crippen LogP contribution in [0, 0.1) is 0 Å². The summed E-state index contributed by atoms with van der Waals surface area (Å²) >= 11 is 0. The summed E-state index contributed by atoms with van der Waals surface area (Å²) in [5.41, 5.74) is 1.23. The Labute approximate surface area is 121 Å². The number of aromatic amines is 1. The van der Waals surface area contributed by atoms with Crippen molar-refractivity contribution in [2.24, 2.45) is 0 Å². The normalized spacial score (nSPS) is 14.1. The van der Waals surface area contributed by atoms with Gasteiger partial charge in [-0.1, -0.05) is 0 Å². The van der Waals surface area contributed by atoms with E-state index >= 15 is 0 Å². The van der Waals surface area contributed by atoms with Gasteiger partial charge in [0.2, 0.25) is 0 Å². The first-order valence-corrected chi connectivity index (χ1v) is 6.78. The van der Waals surface area contributed by atoms with Crippen molar-refractivity contribution in [3.63, 3.8) is 0 Å². The molecule has 1 aromatic heterocycles. The Morgan fingerprint density at radius 2 is 2.14 bits per heavy atom. The fourth-order valence-electron chi connectivity index (χ4n) is 2.41. The topological polar surface area (TPSA) is 82.6 Å². The Balaban J connectivity index is 1.90. The third kappa shape index (κ3) is 2.69. The molecule has 1 fully saturated rings. The van der Waals surface area contributed by atoms with Gasteiger partial charge in [0.15, 0.2) is 0 Å². The minimum atomic E-state index is -0.993. The molecule has 0 spiro atoms. The average Bonchev–Trinajstić information content (AvgIpc) is 3.21. The summed E-state index contributed by atoms with van der Waals surface area (Å²) in [5.74, 6) is -0.548. The maximum atomic E-state index is 12.5. The van der Waals surface area contributed by atoms with E-state index in [1.807, 2.05) is 18.2 Å². The minimum Gasteiger partial charge on any atom is -0.497 e. The molecule has 0 aliphatic heterocycles. The van der Waals surface area contributed by atoms with Crippen LogP contribution in [0.1, 0.15) is 23.3 Å². The van der Waals surface area contributed by atoms with E-state index in [-0.39, 0.29) is 18.5 Å². The summed E-state index contributed by atoms with van der Waals surface area (Å²) in [6.45, 7) is -0.262. The number of carbonyl (C=O) groups is 2. The standard InChI is InChI=1S/C15H16N2O4/c1-21-11-4-5-12-9(6-11)7-13(16-12)15(20)17(8-14(18)19)10-2-3-10/h4-7,10,16H,2-3,8H2,1H3,(H,18,19). The first-order chi connectivity index (χ1) is 10.1. The van der Waals surface area contributed by atoms with E-state index in [1.54, 1.807) is 13.2 Å². The van der Waals surface area contributed by atoms with E-state index in [1.165, 1.54) is 4.90 Å². The van der Waals surface area contributed by atoms with Crippen molar-refractivity contribution >= 4 is 22.8 Å². The second-order valence-electron chi connectivity index (χ2n) is 5.19. The molecule has 0 radical (unpaired) electrons. The van der Waals surface area contributed by atoms with Crippen LogP contribution in [-0.4, -0.2) is 46.6 Å². The van der Waals surface area contributed by atoms with Crippen molar-refractivity contribution in [3.05, 3.63) is 30.0 Å². The van der Waals surface area contributed by atoms with Crippen LogP contribution in [-0.2, 0) is 4.79 Å². The number of carboxylic acid groups (broad SMARTS) is 1. The number of carboxylic acids is 1. The highest BCUT2D eigenvalue weighted by atomic mass is 16.5. The summed E-state index contributed by atoms with van der Waals surface area (Å²) in [4.78, 5) is 27.9. The Morgan fingerprint density at radius 3 is 2.76 bits per heavy atom. The van der Waals surface area contributed by atoms with E-state index in [2.05, 4.69) is 4.98 Å². The van der Waals surface area contributed by atoms with Gasteiger partial charge < -0.3 is 19.7 Å².